The quantitative estimate of drug-likeness (QED) is 0.354. The van der Waals surface area contributed by atoms with Crippen molar-refractivity contribution in [2.75, 3.05) is 18.4 Å². The first-order valence-electron chi connectivity index (χ1n) is 10.5. The summed E-state index contributed by atoms with van der Waals surface area (Å²) in [6.45, 7) is 7.15. The number of nitrogens with one attached hydrogen (secondary N) is 1. The number of phenols is 1. The van der Waals surface area contributed by atoms with Crippen LogP contribution in [-0.4, -0.2) is 38.0 Å². The van der Waals surface area contributed by atoms with Crippen LogP contribution in [0.25, 0.3) is 10.7 Å². The molecule has 0 spiro atoms. The molecule has 10 heteroatoms. The summed E-state index contributed by atoms with van der Waals surface area (Å²) in [4.78, 5) is 16.4. The number of anilines is 2. The second kappa shape index (κ2) is 10.7. The van der Waals surface area contributed by atoms with Crippen LogP contribution in [0.1, 0.15) is 43.6 Å². The monoisotopic (exact) mass is 465 g/mol. The van der Waals surface area contributed by atoms with Crippen LogP contribution in [0.2, 0.25) is 0 Å². The van der Waals surface area contributed by atoms with E-state index in [0.29, 0.717) is 16.8 Å². The van der Waals surface area contributed by atoms with E-state index in [0.717, 1.165) is 30.6 Å². The lowest BCUT2D eigenvalue weighted by Crippen LogP contribution is -2.23. The SMILES string of the molecule is CCCCCN(CC)Cc1cnc(-c2ccnc(Nc3cc(O)cc(C(F)(F)F)c3)n2)s1. The molecule has 0 radical (unpaired) electrons. The average Bonchev–Trinajstić information content (AvgIpc) is 3.21. The second-order valence-electron chi connectivity index (χ2n) is 7.36. The van der Waals surface area contributed by atoms with Gasteiger partial charge in [-0.05, 0) is 37.7 Å². The molecule has 0 fully saturated rings. The number of hydrogen-bond acceptors (Lipinski definition) is 7. The summed E-state index contributed by atoms with van der Waals surface area (Å²) < 4.78 is 39.0. The van der Waals surface area contributed by atoms with Crippen molar-refractivity contribution in [1.29, 1.82) is 0 Å². The summed E-state index contributed by atoms with van der Waals surface area (Å²) >= 11 is 1.53. The largest absolute Gasteiger partial charge is 0.508 e. The molecule has 172 valence electrons. The summed E-state index contributed by atoms with van der Waals surface area (Å²) in [5.41, 5.74) is -0.343. The van der Waals surface area contributed by atoms with E-state index < -0.39 is 17.5 Å². The van der Waals surface area contributed by atoms with E-state index in [9.17, 15) is 18.3 Å². The molecular formula is C22H26F3N5OS. The van der Waals surface area contributed by atoms with Crippen molar-refractivity contribution in [2.24, 2.45) is 0 Å². The molecule has 32 heavy (non-hydrogen) atoms. The van der Waals surface area contributed by atoms with Gasteiger partial charge in [-0.1, -0.05) is 26.7 Å². The minimum Gasteiger partial charge on any atom is -0.508 e. The van der Waals surface area contributed by atoms with Crippen LogP contribution < -0.4 is 5.32 Å². The number of aromatic hydroxyl groups is 1. The Balaban J connectivity index is 1.73. The van der Waals surface area contributed by atoms with Crippen LogP contribution in [0, 0.1) is 0 Å². The van der Waals surface area contributed by atoms with E-state index in [4.69, 9.17) is 0 Å². The Kier molecular flexibility index (Phi) is 8.03. The lowest BCUT2D eigenvalue weighted by molar-refractivity contribution is -0.137. The Hall–Kier alpha value is -2.72. The molecular weight excluding hydrogens is 439 g/mol. The lowest BCUT2D eigenvalue weighted by Gasteiger charge is -2.18. The van der Waals surface area contributed by atoms with E-state index >= 15 is 0 Å². The summed E-state index contributed by atoms with van der Waals surface area (Å²) in [7, 11) is 0. The number of nitrogens with zero attached hydrogens (tertiary/aromatic N) is 4. The van der Waals surface area contributed by atoms with Gasteiger partial charge in [0.05, 0.1) is 5.56 Å². The number of thiazole rings is 1. The summed E-state index contributed by atoms with van der Waals surface area (Å²) in [6, 6.07) is 4.46. The number of benzene rings is 1. The van der Waals surface area contributed by atoms with Crippen molar-refractivity contribution in [3.63, 3.8) is 0 Å². The van der Waals surface area contributed by atoms with Crippen molar-refractivity contribution in [2.45, 2.75) is 45.8 Å². The van der Waals surface area contributed by atoms with Crippen LogP contribution in [0.5, 0.6) is 5.75 Å². The van der Waals surface area contributed by atoms with Gasteiger partial charge in [0.2, 0.25) is 5.95 Å². The molecule has 0 bridgehead atoms. The molecule has 6 nitrogen and oxygen atoms in total. The molecule has 3 rings (SSSR count). The van der Waals surface area contributed by atoms with Crippen molar-refractivity contribution in [1.82, 2.24) is 19.9 Å². The highest BCUT2D eigenvalue weighted by Gasteiger charge is 2.31. The molecule has 2 aromatic heterocycles. The Morgan fingerprint density at radius 2 is 1.94 bits per heavy atom. The summed E-state index contributed by atoms with van der Waals surface area (Å²) in [5.74, 6) is -0.379. The molecule has 0 aliphatic rings. The third-order valence-corrected chi connectivity index (χ3v) is 5.84. The summed E-state index contributed by atoms with van der Waals surface area (Å²) in [5, 5.41) is 13.1. The predicted octanol–water partition coefficient (Wildman–Crippen LogP) is 6.08. The van der Waals surface area contributed by atoms with Crippen molar-refractivity contribution < 1.29 is 18.3 Å². The van der Waals surface area contributed by atoms with Crippen LogP contribution in [0.4, 0.5) is 24.8 Å². The Labute approximate surface area is 189 Å². The molecule has 0 unspecified atom stereocenters. The highest BCUT2D eigenvalue weighted by atomic mass is 32.1. The number of hydrogen-bond donors (Lipinski definition) is 2. The average molecular weight is 466 g/mol. The number of aromatic nitrogens is 3. The van der Waals surface area contributed by atoms with E-state index in [1.165, 1.54) is 42.9 Å². The highest BCUT2D eigenvalue weighted by Crippen LogP contribution is 2.34. The molecule has 0 aliphatic heterocycles. The minimum absolute atomic E-state index is 0.0416. The molecule has 2 heterocycles. The lowest BCUT2D eigenvalue weighted by atomic mass is 10.2. The molecule has 1 aromatic carbocycles. The molecule has 0 saturated carbocycles. The van der Waals surface area contributed by atoms with Gasteiger partial charge in [0.1, 0.15) is 16.5 Å². The van der Waals surface area contributed by atoms with E-state index in [-0.39, 0.29) is 11.6 Å². The van der Waals surface area contributed by atoms with Gasteiger partial charge < -0.3 is 10.4 Å². The topological polar surface area (TPSA) is 74.2 Å². The Morgan fingerprint density at radius 1 is 1.12 bits per heavy atom. The maximum Gasteiger partial charge on any atom is 0.416 e. The zero-order valence-electron chi connectivity index (χ0n) is 18.0. The number of halogens is 3. The van der Waals surface area contributed by atoms with Crippen molar-refractivity contribution in [3.8, 4) is 16.5 Å². The molecule has 0 amide bonds. The van der Waals surface area contributed by atoms with Gasteiger partial charge in [0.15, 0.2) is 0 Å². The van der Waals surface area contributed by atoms with Crippen molar-refractivity contribution >= 4 is 23.0 Å². The maximum atomic E-state index is 13.0. The summed E-state index contributed by atoms with van der Waals surface area (Å²) in [6.07, 6.45) is 2.35. The van der Waals surface area contributed by atoms with Crippen molar-refractivity contribution in [3.05, 3.63) is 47.1 Å². The zero-order valence-corrected chi connectivity index (χ0v) is 18.8. The third kappa shape index (κ3) is 6.64. The van der Waals surface area contributed by atoms with Crippen LogP contribution in [0.3, 0.4) is 0 Å². The van der Waals surface area contributed by atoms with Gasteiger partial charge in [0.25, 0.3) is 0 Å². The van der Waals surface area contributed by atoms with E-state index in [2.05, 4.69) is 39.0 Å². The van der Waals surface area contributed by atoms with Crippen LogP contribution in [-0.2, 0) is 12.7 Å². The minimum atomic E-state index is -4.57. The fourth-order valence-electron chi connectivity index (χ4n) is 3.17. The predicted molar refractivity (Wildman–Crippen MR) is 120 cm³/mol. The van der Waals surface area contributed by atoms with Crippen LogP contribution >= 0.6 is 11.3 Å². The number of phenolic OH excluding ortho intramolecular Hbond substituents is 1. The standard InChI is InChI=1S/C22H26F3N5OS/c1-3-5-6-9-30(4-2)14-18-13-27-20(32-18)19-7-8-26-21(29-19)28-16-10-15(22(23,24)25)11-17(31)12-16/h7-8,10-13,31H,3-6,9,14H2,1-2H3,(H,26,28,29). The molecule has 0 atom stereocenters. The van der Waals surface area contributed by atoms with Gasteiger partial charge in [-0.3, -0.25) is 4.90 Å². The zero-order chi connectivity index (χ0) is 23.1. The van der Waals surface area contributed by atoms with Gasteiger partial charge in [0, 0.05) is 35.6 Å². The van der Waals surface area contributed by atoms with Gasteiger partial charge >= 0.3 is 6.18 Å². The molecule has 3 aromatic rings. The van der Waals surface area contributed by atoms with Gasteiger partial charge in [-0.2, -0.15) is 13.2 Å². The van der Waals surface area contributed by atoms with Gasteiger partial charge in [-0.25, -0.2) is 15.0 Å². The smallest absolute Gasteiger partial charge is 0.416 e. The molecule has 0 aliphatic carbocycles. The van der Waals surface area contributed by atoms with E-state index in [1.807, 2.05) is 6.20 Å². The normalized spacial score (nSPS) is 11.8. The fraction of sp³-hybridized carbons (Fsp3) is 0.409. The Bertz CT molecular complexity index is 1020. The number of alkyl halides is 3. The maximum absolute atomic E-state index is 13.0. The highest BCUT2D eigenvalue weighted by molar-refractivity contribution is 7.14. The van der Waals surface area contributed by atoms with E-state index in [1.54, 1.807) is 6.07 Å². The first-order valence-corrected chi connectivity index (χ1v) is 11.3. The number of rotatable bonds is 10. The first kappa shape index (κ1) is 23.9. The third-order valence-electron chi connectivity index (χ3n) is 4.83. The second-order valence-corrected chi connectivity index (χ2v) is 8.48. The molecule has 0 saturated heterocycles. The van der Waals surface area contributed by atoms with Gasteiger partial charge in [-0.15, -0.1) is 11.3 Å². The number of unbranched alkanes of at least 4 members (excludes halogenated alkanes) is 2. The molecule has 2 N–H and O–H groups in total. The fourth-order valence-corrected chi connectivity index (χ4v) is 4.09. The van der Waals surface area contributed by atoms with Crippen LogP contribution in [0.15, 0.2) is 36.7 Å². The first-order chi connectivity index (χ1) is 15.3. The Morgan fingerprint density at radius 3 is 2.66 bits per heavy atom.